The van der Waals surface area contributed by atoms with E-state index in [9.17, 15) is 4.79 Å². The van der Waals surface area contributed by atoms with Crippen LogP contribution in [-0.4, -0.2) is 6.03 Å². The normalized spacial score (nSPS) is 9.17. The summed E-state index contributed by atoms with van der Waals surface area (Å²) in [5.74, 6) is 10.3. The number of urea groups is 1. The van der Waals surface area contributed by atoms with Crippen molar-refractivity contribution < 1.29 is 4.79 Å². The molecule has 0 saturated heterocycles. The average molecular weight is 166 g/mol. The van der Waals surface area contributed by atoms with E-state index in [1.54, 1.807) is 24.3 Å². The van der Waals surface area contributed by atoms with E-state index in [0.717, 1.165) is 5.01 Å². The van der Waals surface area contributed by atoms with Gasteiger partial charge in [-0.25, -0.2) is 21.5 Å². The minimum absolute atomic E-state index is 0.554. The third kappa shape index (κ3) is 1.71. The molecule has 0 aliphatic carbocycles. The Morgan fingerprint density at radius 1 is 1.33 bits per heavy atom. The van der Waals surface area contributed by atoms with Gasteiger partial charge in [0.15, 0.2) is 0 Å². The minimum Gasteiger partial charge on any atom is -0.274 e. The summed E-state index contributed by atoms with van der Waals surface area (Å²) >= 11 is 0. The first kappa shape index (κ1) is 8.51. The Balaban J connectivity index is 2.78. The smallest absolute Gasteiger partial charge is 0.274 e. The van der Waals surface area contributed by atoms with Crippen molar-refractivity contribution in [2.45, 2.75) is 0 Å². The second-order valence-electron chi connectivity index (χ2n) is 2.16. The van der Waals surface area contributed by atoms with Crippen molar-refractivity contribution in [1.29, 1.82) is 0 Å². The first-order valence-electron chi connectivity index (χ1n) is 3.36. The summed E-state index contributed by atoms with van der Waals surface area (Å²) in [5, 5.41) is 0.931. The van der Waals surface area contributed by atoms with Gasteiger partial charge in [-0.15, -0.1) is 0 Å². The lowest BCUT2D eigenvalue weighted by atomic mass is 10.3. The number of hydrogen-bond donors (Lipinski definition) is 3. The van der Waals surface area contributed by atoms with Gasteiger partial charge in [0.25, 0.3) is 0 Å². The van der Waals surface area contributed by atoms with Gasteiger partial charge in [-0.2, -0.15) is 0 Å². The molecular weight excluding hydrogens is 156 g/mol. The molecule has 2 amide bonds. The van der Waals surface area contributed by atoms with Crippen LogP contribution in [0.4, 0.5) is 10.5 Å². The monoisotopic (exact) mass is 166 g/mol. The summed E-state index contributed by atoms with van der Waals surface area (Å²) in [5.41, 5.74) is 2.51. The number of benzene rings is 1. The van der Waals surface area contributed by atoms with Crippen LogP contribution in [0.5, 0.6) is 0 Å². The predicted molar refractivity (Wildman–Crippen MR) is 45.8 cm³/mol. The van der Waals surface area contributed by atoms with Gasteiger partial charge >= 0.3 is 6.03 Å². The molecule has 0 heterocycles. The van der Waals surface area contributed by atoms with Gasteiger partial charge < -0.3 is 0 Å². The molecule has 5 heteroatoms. The number of amides is 2. The van der Waals surface area contributed by atoms with Crippen molar-refractivity contribution in [1.82, 2.24) is 5.43 Å². The number of hydrogen-bond acceptors (Lipinski definition) is 3. The number of carbonyl (C=O) groups is 1. The molecule has 5 N–H and O–H groups in total. The molecule has 1 aromatic carbocycles. The molecule has 0 aliphatic heterocycles. The van der Waals surface area contributed by atoms with Crippen LogP contribution in [0.2, 0.25) is 0 Å². The van der Waals surface area contributed by atoms with Crippen molar-refractivity contribution in [3.8, 4) is 0 Å². The highest BCUT2D eigenvalue weighted by Crippen LogP contribution is 2.08. The summed E-state index contributed by atoms with van der Waals surface area (Å²) in [6, 6.07) is 8.24. The van der Waals surface area contributed by atoms with Crippen molar-refractivity contribution in [3.63, 3.8) is 0 Å². The van der Waals surface area contributed by atoms with Crippen molar-refractivity contribution in [2.24, 2.45) is 11.7 Å². The largest absolute Gasteiger partial charge is 0.350 e. The first-order chi connectivity index (χ1) is 5.75. The topological polar surface area (TPSA) is 84.4 Å². The second-order valence-corrected chi connectivity index (χ2v) is 2.16. The van der Waals surface area contributed by atoms with Gasteiger partial charge in [-0.05, 0) is 12.1 Å². The maximum Gasteiger partial charge on any atom is 0.350 e. The molecule has 0 radical (unpaired) electrons. The Kier molecular flexibility index (Phi) is 2.62. The Bertz CT molecular complexity index is 261. The lowest BCUT2D eigenvalue weighted by molar-refractivity contribution is 0.246. The van der Waals surface area contributed by atoms with Crippen molar-refractivity contribution in [2.75, 3.05) is 5.01 Å². The zero-order valence-electron chi connectivity index (χ0n) is 6.40. The maximum absolute atomic E-state index is 10.9. The highest BCUT2D eigenvalue weighted by molar-refractivity contribution is 5.90. The van der Waals surface area contributed by atoms with E-state index >= 15 is 0 Å². The van der Waals surface area contributed by atoms with Crippen LogP contribution in [-0.2, 0) is 0 Å². The Hall–Kier alpha value is -1.59. The van der Waals surface area contributed by atoms with E-state index in [1.807, 2.05) is 11.5 Å². The van der Waals surface area contributed by atoms with Crippen LogP contribution in [0, 0.1) is 0 Å². The number of carbonyl (C=O) groups excluding carboxylic acids is 1. The molecule has 1 aromatic rings. The fourth-order valence-corrected chi connectivity index (χ4v) is 0.775. The fraction of sp³-hybridized carbons (Fsp3) is 0. The van der Waals surface area contributed by atoms with Crippen LogP contribution in [0.15, 0.2) is 30.3 Å². The van der Waals surface area contributed by atoms with Crippen molar-refractivity contribution in [3.05, 3.63) is 30.3 Å². The number of para-hydroxylation sites is 1. The highest BCUT2D eigenvalue weighted by Gasteiger charge is 2.07. The zero-order chi connectivity index (χ0) is 8.97. The minimum atomic E-state index is -0.554. The van der Waals surface area contributed by atoms with Crippen LogP contribution < -0.4 is 22.1 Å². The molecule has 0 aromatic heterocycles. The average Bonchev–Trinajstić information content (AvgIpc) is 2.17. The molecule has 0 saturated carbocycles. The second kappa shape index (κ2) is 3.70. The Labute approximate surface area is 69.9 Å². The number of nitrogens with zero attached hydrogens (tertiary/aromatic N) is 1. The van der Waals surface area contributed by atoms with Crippen LogP contribution in [0.1, 0.15) is 0 Å². The van der Waals surface area contributed by atoms with E-state index in [4.69, 9.17) is 11.7 Å². The molecule has 5 nitrogen and oxygen atoms in total. The molecule has 1 rings (SSSR count). The Morgan fingerprint density at radius 2 is 1.92 bits per heavy atom. The highest BCUT2D eigenvalue weighted by atomic mass is 16.2. The molecule has 0 spiro atoms. The van der Waals surface area contributed by atoms with Crippen LogP contribution >= 0.6 is 0 Å². The molecule has 0 fully saturated rings. The van der Waals surface area contributed by atoms with Crippen LogP contribution in [0.25, 0.3) is 0 Å². The quantitative estimate of drug-likeness (QED) is 0.310. The molecule has 0 bridgehead atoms. The van der Waals surface area contributed by atoms with E-state index in [0.29, 0.717) is 5.69 Å². The standard InChI is InChI=1S/C7H10N4O/c8-10-7(12)11(9)6-4-2-1-3-5-6/h1-5H,8-9H2,(H,10,12). The van der Waals surface area contributed by atoms with Gasteiger partial charge in [0, 0.05) is 0 Å². The number of rotatable bonds is 1. The Morgan fingerprint density at radius 3 is 2.42 bits per heavy atom. The third-order valence-corrected chi connectivity index (χ3v) is 1.38. The van der Waals surface area contributed by atoms with E-state index in [2.05, 4.69) is 0 Å². The molecular formula is C7H10N4O. The molecule has 0 aliphatic rings. The van der Waals surface area contributed by atoms with Crippen molar-refractivity contribution >= 4 is 11.7 Å². The zero-order valence-corrected chi connectivity index (χ0v) is 6.40. The van der Waals surface area contributed by atoms with Gasteiger partial charge in [0.2, 0.25) is 0 Å². The number of nitrogens with two attached hydrogens (primary N) is 2. The lowest BCUT2D eigenvalue weighted by Gasteiger charge is -2.14. The van der Waals surface area contributed by atoms with Gasteiger partial charge in [0.1, 0.15) is 0 Å². The number of nitrogens with one attached hydrogen (secondary N) is 1. The first-order valence-corrected chi connectivity index (χ1v) is 3.36. The van der Waals surface area contributed by atoms with E-state index in [-0.39, 0.29) is 0 Å². The van der Waals surface area contributed by atoms with Gasteiger partial charge in [-0.3, -0.25) is 5.43 Å². The molecule has 12 heavy (non-hydrogen) atoms. The SMILES string of the molecule is NNC(=O)N(N)c1ccccc1. The summed E-state index contributed by atoms with van der Waals surface area (Å²) in [4.78, 5) is 10.9. The van der Waals surface area contributed by atoms with Crippen LogP contribution in [0.3, 0.4) is 0 Å². The fourth-order valence-electron chi connectivity index (χ4n) is 0.775. The van der Waals surface area contributed by atoms with E-state index in [1.165, 1.54) is 0 Å². The summed E-state index contributed by atoms with van der Waals surface area (Å²) in [7, 11) is 0. The number of anilines is 1. The summed E-state index contributed by atoms with van der Waals surface area (Å²) < 4.78 is 0. The number of hydrazine groups is 2. The van der Waals surface area contributed by atoms with E-state index < -0.39 is 6.03 Å². The van der Waals surface area contributed by atoms with Gasteiger partial charge in [-0.1, -0.05) is 18.2 Å². The molecule has 0 atom stereocenters. The summed E-state index contributed by atoms with van der Waals surface area (Å²) in [6.07, 6.45) is 0. The molecule has 64 valence electrons. The third-order valence-electron chi connectivity index (χ3n) is 1.38. The maximum atomic E-state index is 10.9. The lowest BCUT2D eigenvalue weighted by Crippen LogP contribution is -2.47. The van der Waals surface area contributed by atoms with Gasteiger partial charge in [0.05, 0.1) is 5.69 Å². The summed E-state index contributed by atoms with van der Waals surface area (Å²) in [6.45, 7) is 0. The predicted octanol–water partition coefficient (Wildman–Crippen LogP) is -0.0500. The molecule has 0 unspecified atom stereocenters.